The summed E-state index contributed by atoms with van der Waals surface area (Å²) in [5.74, 6) is 0.686. The average molecular weight is 225 g/mol. The second kappa shape index (κ2) is 4.82. The van der Waals surface area contributed by atoms with Crippen molar-refractivity contribution < 1.29 is 9.26 Å². The molecule has 0 aromatic carbocycles. The van der Waals surface area contributed by atoms with Gasteiger partial charge in [0.25, 0.3) is 0 Å². The highest BCUT2D eigenvalue weighted by Gasteiger charge is 2.38. The van der Waals surface area contributed by atoms with Gasteiger partial charge in [-0.15, -0.1) is 0 Å². The maximum atomic E-state index is 5.64. The molecule has 0 bridgehead atoms. The van der Waals surface area contributed by atoms with Crippen LogP contribution in [0.15, 0.2) is 4.52 Å². The van der Waals surface area contributed by atoms with Crippen LogP contribution < -0.4 is 5.32 Å². The van der Waals surface area contributed by atoms with E-state index in [1.807, 2.05) is 6.92 Å². The van der Waals surface area contributed by atoms with Gasteiger partial charge in [-0.2, -0.15) is 4.98 Å². The van der Waals surface area contributed by atoms with Crippen LogP contribution in [-0.2, 0) is 10.3 Å². The Balaban J connectivity index is 2.18. The second-order valence-corrected chi connectivity index (χ2v) is 4.21. The number of ether oxygens (including phenoxy) is 1. The Kier molecular flexibility index (Phi) is 3.43. The van der Waals surface area contributed by atoms with Crippen LogP contribution in [0, 0.1) is 0 Å². The molecule has 1 aromatic rings. The maximum Gasteiger partial charge on any atom is 0.321 e. The zero-order valence-corrected chi connectivity index (χ0v) is 9.95. The molecule has 0 aliphatic heterocycles. The number of aromatic nitrogens is 2. The summed E-state index contributed by atoms with van der Waals surface area (Å²) in [4.78, 5) is 4.35. The SMILES string of the molecule is CCNc1nc(C2(OC)CCCCC2)no1. The van der Waals surface area contributed by atoms with Crippen LogP contribution >= 0.6 is 0 Å². The van der Waals surface area contributed by atoms with Crippen molar-refractivity contribution in [2.24, 2.45) is 0 Å². The molecule has 5 heteroatoms. The lowest BCUT2D eigenvalue weighted by atomic mass is 9.84. The van der Waals surface area contributed by atoms with E-state index in [1.54, 1.807) is 7.11 Å². The molecule has 0 atom stereocenters. The Bertz CT molecular complexity index is 332. The Morgan fingerprint density at radius 1 is 1.38 bits per heavy atom. The standard InChI is InChI=1S/C11H19N3O2/c1-3-12-10-13-9(14-16-10)11(15-2)7-5-4-6-8-11/h3-8H2,1-2H3,(H,12,13,14). The van der Waals surface area contributed by atoms with Gasteiger partial charge in [0.05, 0.1) is 0 Å². The number of hydrogen-bond donors (Lipinski definition) is 1. The lowest BCUT2D eigenvalue weighted by Gasteiger charge is -2.32. The van der Waals surface area contributed by atoms with Gasteiger partial charge in [-0.05, 0) is 19.8 Å². The molecule has 0 spiro atoms. The summed E-state index contributed by atoms with van der Waals surface area (Å²) >= 11 is 0. The van der Waals surface area contributed by atoms with Crippen molar-refractivity contribution in [3.63, 3.8) is 0 Å². The smallest absolute Gasteiger partial charge is 0.321 e. The third kappa shape index (κ3) is 2.04. The molecule has 2 rings (SSSR count). The van der Waals surface area contributed by atoms with Gasteiger partial charge in [-0.3, -0.25) is 0 Å². The van der Waals surface area contributed by atoms with Gasteiger partial charge >= 0.3 is 6.01 Å². The van der Waals surface area contributed by atoms with Crippen molar-refractivity contribution in [3.8, 4) is 0 Å². The van der Waals surface area contributed by atoms with Gasteiger partial charge in [0.2, 0.25) is 5.82 Å². The molecule has 16 heavy (non-hydrogen) atoms. The average Bonchev–Trinajstić information content (AvgIpc) is 2.80. The predicted octanol–water partition coefficient (Wildman–Crippen LogP) is 2.31. The number of nitrogens with one attached hydrogen (secondary N) is 1. The van der Waals surface area contributed by atoms with Crippen LogP contribution in [0.4, 0.5) is 6.01 Å². The van der Waals surface area contributed by atoms with E-state index in [-0.39, 0.29) is 5.60 Å². The third-order valence-electron chi connectivity index (χ3n) is 3.21. The van der Waals surface area contributed by atoms with Gasteiger partial charge in [-0.1, -0.05) is 24.4 Å². The molecule has 1 N–H and O–H groups in total. The minimum atomic E-state index is -0.324. The van der Waals surface area contributed by atoms with Gasteiger partial charge in [0.15, 0.2) is 0 Å². The van der Waals surface area contributed by atoms with Gasteiger partial charge in [0, 0.05) is 13.7 Å². The van der Waals surface area contributed by atoms with Gasteiger partial charge in [0.1, 0.15) is 5.60 Å². The first-order valence-electron chi connectivity index (χ1n) is 5.94. The highest BCUT2D eigenvalue weighted by molar-refractivity contribution is 5.20. The molecule has 1 aliphatic rings. The molecule has 90 valence electrons. The summed E-state index contributed by atoms with van der Waals surface area (Å²) in [6.45, 7) is 2.78. The van der Waals surface area contributed by atoms with Gasteiger partial charge < -0.3 is 14.6 Å². The Labute approximate surface area is 95.6 Å². The summed E-state index contributed by atoms with van der Waals surface area (Å²) in [6, 6.07) is 0.486. The van der Waals surface area contributed by atoms with E-state index in [1.165, 1.54) is 19.3 Å². The zero-order chi connectivity index (χ0) is 11.4. The fourth-order valence-corrected chi connectivity index (χ4v) is 2.27. The molecule has 1 heterocycles. The molecule has 1 aromatic heterocycles. The van der Waals surface area contributed by atoms with Crippen molar-refractivity contribution in [2.75, 3.05) is 19.0 Å². The molecule has 5 nitrogen and oxygen atoms in total. The molecule has 1 aliphatic carbocycles. The Morgan fingerprint density at radius 2 is 2.12 bits per heavy atom. The first-order valence-corrected chi connectivity index (χ1v) is 5.94. The number of hydrogen-bond acceptors (Lipinski definition) is 5. The fraction of sp³-hybridized carbons (Fsp3) is 0.818. The normalized spacial score (nSPS) is 19.6. The molecule has 0 saturated heterocycles. The highest BCUT2D eigenvalue weighted by atomic mass is 16.5. The monoisotopic (exact) mass is 225 g/mol. The van der Waals surface area contributed by atoms with E-state index in [2.05, 4.69) is 15.5 Å². The van der Waals surface area contributed by atoms with Crippen LogP contribution in [-0.4, -0.2) is 23.8 Å². The Hall–Kier alpha value is -1.10. The van der Waals surface area contributed by atoms with Crippen LogP contribution in [0.1, 0.15) is 44.9 Å². The van der Waals surface area contributed by atoms with Crippen molar-refractivity contribution in [3.05, 3.63) is 5.82 Å². The summed E-state index contributed by atoms with van der Waals surface area (Å²) in [7, 11) is 1.73. The number of rotatable bonds is 4. The minimum Gasteiger partial charge on any atom is -0.370 e. The molecular weight excluding hydrogens is 206 g/mol. The Morgan fingerprint density at radius 3 is 2.75 bits per heavy atom. The molecule has 1 saturated carbocycles. The van der Waals surface area contributed by atoms with Crippen molar-refractivity contribution >= 4 is 6.01 Å². The topological polar surface area (TPSA) is 60.2 Å². The zero-order valence-electron chi connectivity index (χ0n) is 9.95. The summed E-state index contributed by atoms with van der Waals surface area (Å²) in [6.07, 6.45) is 5.56. The number of nitrogens with zero attached hydrogens (tertiary/aromatic N) is 2. The first-order chi connectivity index (χ1) is 7.80. The van der Waals surface area contributed by atoms with Crippen molar-refractivity contribution in [2.45, 2.75) is 44.6 Å². The van der Waals surface area contributed by atoms with E-state index in [4.69, 9.17) is 9.26 Å². The summed E-state index contributed by atoms with van der Waals surface area (Å²) < 4.78 is 10.8. The van der Waals surface area contributed by atoms with Crippen molar-refractivity contribution in [1.29, 1.82) is 0 Å². The molecule has 0 radical (unpaired) electrons. The number of methoxy groups -OCH3 is 1. The van der Waals surface area contributed by atoms with E-state index in [0.717, 1.165) is 19.4 Å². The van der Waals surface area contributed by atoms with E-state index in [0.29, 0.717) is 11.8 Å². The largest absolute Gasteiger partial charge is 0.370 e. The third-order valence-corrected chi connectivity index (χ3v) is 3.21. The van der Waals surface area contributed by atoms with Crippen molar-refractivity contribution in [1.82, 2.24) is 10.1 Å². The summed E-state index contributed by atoms with van der Waals surface area (Å²) in [5.41, 5.74) is -0.324. The van der Waals surface area contributed by atoms with Crippen LogP contribution in [0.3, 0.4) is 0 Å². The highest BCUT2D eigenvalue weighted by Crippen LogP contribution is 2.38. The fourth-order valence-electron chi connectivity index (χ4n) is 2.27. The maximum absolute atomic E-state index is 5.64. The van der Waals surface area contributed by atoms with Crippen LogP contribution in [0.5, 0.6) is 0 Å². The molecule has 1 fully saturated rings. The molecule has 0 unspecified atom stereocenters. The first kappa shape index (κ1) is 11.4. The van der Waals surface area contributed by atoms with Crippen LogP contribution in [0.25, 0.3) is 0 Å². The molecule has 0 amide bonds. The lowest BCUT2D eigenvalue weighted by Crippen LogP contribution is -2.32. The summed E-state index contributed by atoms with van der Waals surface area (Å²) in [5, 5.41) is 7.04. The van der Waals surface area contributed by atoms with Crippen LogP contribution in [0.2, 0.25) is 0 Å². The van der Waals surface area contributed by atoms with Gasteiger partial charge in [-0.25, -0.2) is 0 Å². The predicted molar refractivity (Wildman–Crippen MR) is 60.2 cm³/mol. The lowest BCUT2D eigenvalue weighted by molar-refractivity contribution is -0.0527. The van der Waals surface area contributed by atoms with E-state index < -0.39 is 0 Å². The van der Waals surface area contributed by atoms with E-state index in [9.17, 15) is 0 Å². The number of anilines is 1. The quantitative estimate of drug-likeness (QED) is 0.852. The molecular formula is C11H19N3O2. The minimum absolute atomic E-state index is 0.324. The second-order valence-electron chi connectivity index (χ2n) is 4.21. The van der Waals surface area contributed by atoms with E-state index >= 15 is 0 Å².